The van der Waals surface area contributed by atoms with Crippen LogP contribution in [0, 0.1) is 5.82 Å². The van der Waals surface area contributed by atoms with Crippen molar-refractivity contribution in [2.45, 2.75) is 25.0 Å². The Kier molecular flexibility index (Phi) is 7.13. The third-order valence-corrected chi connectivity index (χ3v) is 5.42. The first-order chi connectivity index (χ1) is 11.9. The number of hydrogen-bond donors (Lipinski definition) is 1. The van der Waals surface area contributed by atoms with Crippen molar-refractivity contribution in [1.82, 2.24) is 5.32 Å². The minimum absolute atomic E-state index is 0.0202. The Labute approximate surface area is 148 Å². The molecule has 0 atom stereocenters. The Morgan fingerprint density at radius 2 is 1.64 bits per heavy atom. The molecule has 0 fully saturated rings. The molecule has 0 heterocycles. The summed E-state index contributed by atoms with van der Waals surface area (Å²) in [4.78, 5) is 11.8. The van der Waals surface area contributed by atoms with Crippen molar-refractivity contribution in [2.75, 3.05) is 12.3 Å². The molecular weight excluding hydrogens is 341 g/mol. The van der Waals surface area contributed by atoms with Gasteiger partial charge in [-0.25, -0.2) is 12.8 Å². The number of nitrogens with one attached hydrogen (secondary N) is 1. The first-order valence-corrected chi connectivity index (χ1v) is 10.0. The summed E-state index contributed by atoms with van der Waals surface area (Å²) in [7, 11) is -3.18. The number of hydrogen-bond acceptors (Lipinski definition) is 3. The molecule has 2 aromatic carbocycles. The van der Waals surface area contributed by atoms with Crippen molar-refractivity contribution in [1.29, 1.82) is 0 Å². The lowest BCUT2D eigenvalue weighted by atomic mass is 10.1. The summed E-state index contributed by atoms with van der Waals surface area (Å²) >= 11 is 0. The highest BCUT2D eigenvalue weighted by molar-refractivity contribution is 7.90. The van der Waals surface area contributed by atoms with E-state index in [1.165, 1.54) is 12.1 Å². The molecule has 0 bridgehead atoms. The number of sulfone groups is 1. The highest BCUT2D eigenvalue weighted by Crippen LogP contribution is 2.07. The summed E-state index contributed by atoms with van der Waals surface area (Å²) in [6.45, 7) is 0.330. The van der Waals surface area contributed by atoms with Gasteiger partial charge in [0.25, 0.3) is 0 Å². The minimum Gasteiger partial charge on any atom is -0.356 e. The van der Waals surface area contributed by atoms with E-state index in [1.54, 1.807) is 24.3 Å². The quantitative estimate of drug-likeness (QED) is 0.697. The summed E-state index contributed by atoms with van der Waals surface area (Å²) < 4.78 is 36.9. The molecule has 0 aromatic heterocycles. The average molecular weight is 363 g/mol. The molecule has 0 spiro atoms. The molecule has 2 rings (SSSR count). The molecule has 0 radical (unpaired) electrons. The lowest BCUT2D eigenvalue weighted by Crippen LogP contribution is -2.26. The van der Waals surface area contributed by atoms with Crippen molar-refractivity contribution in [3.05, 3.63) is 71.5 Å². The maximum Gasteiger partial charge on any atom is 0.220 e. The van der Waals surface area contributed by atoms with Gasteiger partial charge in [0.1, 0.15) is 5.82 Å². The van der Waals surface area contributed by atoms with Gasteiger partial charge in [-0.15, -0.1) is 0 Å². The number of benzene rings is 2. The van der Waals surface area contributed by atoms with Crippen LogP contribution in [0.25, 0.3) is 0 Å². The van der Waals surface area contributed by atoms with Crippen molar-refractivity contribution >= 4 is 15.7 Å². The highest BCUT2D eigenvalue weighted by atomic mass is 32.2. The molecule has 0 aliphatic carbocycles. The number of amides is 1. The van der Waals surface area contributed by atoms with E-state index < -0.39 is 9.84 Å². The second-order valence-electron chi connectivity index (χ2n) is 5.91. The van der Waals surface area contributed by atoms with Crippen molar-refractivity contribution < 1.29 is 17.6 Å². The van der Waals surface area contributed by atoms with E-state index in [2.05, 4.69) is 5.32 Å². The monoisotopic (exact) mass is 363 g/mol. The van der Waals surface area contributed by atoms with Gasteiger partial charge in [-0.2, -0.15) is 0 Å². The van der Waals surface area contributed by atoms with Crippen LogP contribution in [0.5, 0.6) is 0 Å². The maximum atomic E-state index is 12.8. The predicted molar refractivity (Wildman–Crippen MR) is 96.3 cm³/mol. The molecule has 1 amide bonds. The Morgan fingerprint density at radius 3 is 2.32 bits per heavy atom. The number of carbonyl (C=O) groups is 1. The molecule has 4 nitrogen and oxygen atoms in total. The van der Waals surface area contributed by atoms with E-state index in [1.807, 2.05) is 18.2 Å². The van der Waals surface area contributed by atoms with Gasteiger partial charge in [0.2, 0.25) is 5.91 Å². The standard InChI is InChI=1S/C19H22FNO3S/c20-18-10-7-16(8-11-18)9-12-19(22)21-13-4-14-25(23,24)15-17-5-2-1-3-6-17/h1-3,5-8,10-11H,4,9,12-15H2,(H,21,22). The van der Waals surface area contributed by atoms with Gasteiger partial charge in [0, 0.05) is 13.0 Å². The second kappa shape index (κ2) is 9.32. The van der Waals surface area contributed by atoms with E-state index >= 15 is 0 Å². The SMILES string of the molecule is O=C(CCc1ccc(F)cc1)NCCCS(=O)(=O)Cc1ccccc1. The van der Waals surface area contributed by atoms with Crippen LogP contribution in [0.3, 0.4) is 0 Å². The van der Waals surface area contributed by atoms with Gasteiger partial charge in [0.15, 0.2) is 9.84 Å². The third kappa shape index (κ3) is 7.47. The predicted octanol–water partition coefficient (Wildman–Crippen LogP) is 2.88. The fraction of sp³-hybridized carbons (Fsp3) is 0.316. The van der Waals surface area contributed by atoms with Gasteiger partial charge in [-0.3, -0.25) is 4.79 Å². The van der Waals surface area contributed by atoms with Crippen LogP contribution in [0.15, 0.2) is 54.6 Å². The van der Waals surface area contributed by atoms with E-state index in [4.69, 9.17) is 0 Å². The zero-order chi connectivity index (χ0) is 18.1. The van der Waals surface area contributed by atoms with Crippen molar-refractivity contribution in [2.24, 2.45) is 0 Å². The minimum atomic E-state index is -3.18. The molecule has 0 aliphatic heterocycles. The molecule has 0 saturated heterocycles. The molecule has 0 saturated carbocycles. The Morgan fingerprint density at radius 1 is 0.960 bits per heavy atom. The Bertz CT molecular complexity index is 774. The molecule has 2 aromatic rings. The van der Waals surface area contributed by atoms with Crippen LogP contribution in [-0.2, 0) is 26.8 Å². The zero-order valence-electron chi connectivity index (χ0n) is 13.9. The molecular formula is C19H22FNO3S. The maximum absolute atomic E-state index is 12.8. The van der Waals surface area contributed by atoms with E-state index in [-0.39, 0.29) is 23.2 Å². The summed E-state index contributed by atoms with van der Waals surface area (Å²) in [5.41, 5.74) is 1.66. The molecule has 134 valence electrons. The van der Waals surface area contributed by atoms with E-state index in [0.717, 1.165) is 11.1 Å². The van der Waals surface area contributed by atoms with E-state index in [0.29, 0.717) is 25.8 Å². The van der Waals surface area contributed by atoms with Crippen LogP contribution in [0.1, 0.15) is 24.0 Å². The molecule has 1 N–H and O–H groups in total. The number of rotatable bonds is 9. The summed E-state index contributed by atoms with van der Waals surface area (Å²) in [5, 5.41) is 2.72. The fourth-order valence-electron chi connectivity index (χ4n) is 2.42. The molecule has 25 heavy (non-hydrogen) atoms. The van der Waals surface area contributed by atoms with Crippen LogP contribution >= 0.6 is 0 Å². The largest absolute Gasteiger partial charge is 0.356 e. The molecule has 0 aliphatic rings. The molecule has 0 unspecified atom stereocenters. The first kappa shape index (κ1) is 19.1. The summed E-state index contributed by atoms with van der Waals surface area (Å²) in [6.07, 6.45) is 1.21. The van der Waals surface area contributed by atoms with Crippen LogP contribution in [0.4, 0.5) is 4.39 Å². The lowest BCUT2D eigenvalue weighted by Gasteiger charge is -2.07. The third-order valence-electron chi connectivity index (χ3n) is 3.74. The van der Waals surface area contributed by atoms with Gasteiger partial charge >= 0.3 is 0 Å². The van der Waals surface area contributed by atoms with Gasteiger partial charge in [-0.05, 0) is 36.1 Å². The topological polar surface area (TPSA) is 63.2 Å². The number of aryl methyl sites for hydroxylation is 1. The first-order valence-electron chi connectivity index (χ1n) is 8.20. The smallest absolute Gasteiger partial charge is 0.220 e. The van der Waals surface area contributed by atoms with Crippen molar-refractivity contribution in [3.8, 4) is 0 Å². The number of halogens is 1. The normalized spacial score (nSPS) is 11.2. The zero-order valence-corrected chi connectivity index (χ0v) is 14.8. The Balaban J connectivity index is 1.64. The summed E-state index contributed by atoms with van der Waals surface area (Å²) in [5.74, 6) is -0.373. The fourth-order valence-corrected chi connectivity index (χ4v) is 3.85. The van der Waals surface area contributed by atoms with Gasteiger partial charge in [-0.1, -0.05) is 42.5 Å². The average Bonchev–Trinajstić information content (AvgIpc) is 2.59. The summed E-state index contributed by atoms with van der Waals surface area (Å²) in [6, 6.07) is 15.1. The van der Waals surface area contributed by atoms with Gasteiger partial charge < -0.3 is 5.32 Å². The number of carbonyl (C=O) groups excluding carboxylic acids is 1. The van der Waals surface area contributed by atoms with Crippen LogP contribution in [0.2, 0.25) is 0 Å². The molecule has 6 heteroatoms. The Hall–Kier alpha value is -2.21. The van der Waals surface area contributed by atoms with Gasteiger partial charge in [0.05, 0.1) is 11.5 Å². The lowest BCUT2D eigenvalue weighted by molar-refractivity contribution is -0.121. The van der Waals surface area contributed by atoms with Crippen LogP contribution in [-0.4, -0.2) is 26.6 Å². The highest BCUT2D eigenvalue weighted by Gasteiger charge is 2.11. The van der Waals surface area contributed by atoms with Crippen LogP contribution < -0.4 is 5.32 Å². The second-order valence-corrected chi connectivity index (χ2v) is 8.09. The van der Waals surface area contributed by atoms with E-state index in [9.17, 15) is 17.6 Å². The van der Waals surface area contributed by atoms with Crippen molar-refractivity contribution in [3.63, 3.8) is 0 Å².